The Hall–Kier alpha value is -2.90. The first kappa shape index (κ1) is 19.9. The minimum absolute atomic E-state index is 0.0931. The van der Waals surface area contributed by atoms with E-state index in [0.29, 0.717) is 28.3 Å². The van der Waals surface area contributed by atoms with Gasteiger partial charge in [0.15, 0.2) is 0 Å². The van der Waals surface area contributed by atoms with E-state index in [-0.39, 0.29) is 5.56 Å². The predicted molar refractivity (Wildman–Crippen MR) is 99.0 cm³/mol. The Labute approximate surface area is 159 Å². The van der Waals surface area contributed by atoms with Crippen molar-refractivity contribution >= 4 is 16.7 Å². The minimum Gasteiger partial charge on any atom is -0.496 e. The summed E-state index contributed by atoms with van der Waals surface area (Å²) in [4.78, 5) is 8.73. The van der Waals surface area contributed by atoms with Crippen LogP contribution in [0.4, 0.5) is 23.4 Å². The molecule has 148 valence electrons. The van der Waals surface area contributed by atoms with Gasteiger partial charge in [-0.3, -0.25) is 0 Å². The van der Waals surface area contributed by atoms with Crippen LogP contribution in [0.3, 0.4) is 0 Å². The highest BCUT2D eigenvalue weighted by molar-refractivity contribution is 5.91. The zero-order valence-electron chi connectivity index (χ0n) is 15.8. The number of nitrogens with one attached hydrogen (secondary N) is 1. The second-order valence-corrected chi connectivity index (χ2v) is 6.53. The Kier molecular flexibility index (Phi) is 5.14. The summed E-state index contributed by atoms with van der Waals surface area (Å²) in [6.07, 6.45) is -4.76. The zero-order chi connectivity index (χ0) is 20.6. The molecule has 0 aliphatic heterocycles. The highest BCUT2D eigenvalue weighted by atomic mass is 19.4. The number of hydrogen-bond acceptors (Lipinski definition) is 4. The fraction of sp³-hybridized carbons (Fsp3) is 0.300. The number of aromatic nitrogens is 2. The molecule has 1 aromatic heterocycles. The first-order valence-corrected chi connectivity index (χ1v) is 8.57. The molecule has 0 saturated carbocycles. The van der Waals surface area contributed by atoms with Gasteiger partial charge in [-0.2, -0.15) is 13.2 Å². The van der Waals surface area contributed by atoms with Crippen molar-refractivity contribution in [1.29, 1.82) is 0 Å². The third-order valence-corrected chi connectivity index (χ3v) is 4.48. The second-order valence-electron chi connectivity index (χ2n) is 6.53. The SMILES string of the molecule is COc1cc2nc(C)nc(N[C@H](C)c3cccc(C(F)(F)F)c3F)c2cc1C. The Bertz CT molecular complexity index is 1030. The molecule has 0 fully saturated rings. The molecule has 0 radical (unpaired) electrons. The number of anilines is 1. The van der Waals surface area contributed by atoms with Gasteiger partial charge in [0.1, 0.15) is 23.2 Å². The summed E-state index contributed by atoms with van der Waals surface area (Å²) in [6, 6.07) is 6.09. The summed E-state index contributed by atoms with van der Waals surface area (Å²) in [6.45, 7) is 5.14. The van der Waals surface area contributed by atoms with Crippen LogP contribution in [0.5, 0.6) is 5.75 Å². The Morgan fingerprint density at radius 1 is 1.11 bits per heavy atom. The summed E-state index contributed by atoms with van der Waals surface area (Å²) < 4.78 is 58.8. The molecule has 0 amide bonds. The van der Waals surface area contributed by atoms with Crippen molar-refractivity contribution in [3.05, 3.63) is 58.7 Å². The number of benzene rings is 2. The van der Waals surface area contributed by atoms with Crippen LogP contribution in [-0.4, -0.2) is 17.1 Å². The zero-order valence-corrected chi connectivity index (χ0v) is 15.8. The molecule has 3 aromatic rings. The molecule has 28 heavy (non-hydrogen) atoms. The van der Waals surface area contributed by atoms with E-state index in [2.05, 4.69) is 15.3 Å². The molecule has 0 spiro atoms. The van der Waals surface area contributed by atoms with Crippen LogP contribution in [0.25, 0.3) is 10.9 Å². The fourth-order valence-corrected chi connectivity index (χ4v) is 3.10. The summed E-state index contributed by atoms with van der Waals surface area (Å²) in [5.74, 6) is 0.256. The quantitative estimate of drug-likeness (QED) is 0.588. The van der Waals surface area contributed by atoms with Crippen molar-refractivity contribution in [3.63, 3.8) is 0 Å². The smallest absolute Gasteiger partial charge is 0.419 e. The second kappa shape index (κ2) is 7.26. The molecule has 8 heteroatoms. The van der Waals surface area contributed by atoms with Crippen molar-refractivity contribution < 1.29 is 22.3 Å². The average Bonchev–Trinajstić information content (AvgIpc) is 2.60. The monoisotopic (exact) mass is 393 g/mol. The van der Waals surface area contributed by atoms with Gasteiger partial charge in [0, 0.05) is 17.0 Å². The maximum atomic E-state index is 14.5. The first-order chi connectivity index (χ1) is 13.1. The lowest BCUT2D eigenvalue weighted by Gasteiger charge is -2.19. The third kappa shape index (κ3) is 3.72. The highest BCUT2D eigenvalue weighted by Gasteiger charge is 2.35. The van der Waals surface area contributed by atoms with E-state index in [1.807, 2.05) is 13.0 Å². The van der Waals surface area contributed by atoms with Gasteiger partial charge in [-0.1, -0.05) is 12.1 Å². The van der Waals surface area contributed by atoms with E-state index in [9.17, 15) is 17.6 Å². The van der Waals surface area contributed by atoms with Gasteiger partial charge >= 0.3 is 6.18 Å². The number of methoxy groups -OCH3 is 1. The van der Waals surface area contributed by atoms with Crippen LogP contribution in [-0.2, 0) is 6.18 Å². The molecule has 0 unspecified atom stereocenters. The number of halogens is 4. The molecular weight excluding hydrogens is 374 g/mol. The number of alkyl halides is 3. The lowest BCUT2D eigenvalue weighted by molar-refractivity contribution is -0.140. The summed E-state index contributed by atoms with van der Waals surface area (Å²) in [7, 11) is 1.56. The van der Waals surface area contributed by atoms with Gasteiger partial charge in [0.2, 0.25) is 0 Å². The van der Waals surface area contributed by atoms with Gasteiger partial charge in [0.25, 0.3) is 0 Å². The number of fused-ring (bicyclic) bond motifs is 1. The van der Waals surface area contributed by atoms with E-state index >= 15 is 0 Å². The van der Waals surface area contributed by atoms with Crippen LogP contribution >= 0.6 is 0 Å². The molecule has 1 N–H and O–H groups in total. The average molecular weight is 393 g/mol. The largest absolute Gasteiger partial charge is 0.496 e. The Morgan fingerprint density at radius 2 is 1.82 bits per heavy atom. The van der Waals surface area contributed by atoms with Gasteiger partial charge in [-0.25, -0.2) is 14.4 Å². The van der Waals surface area contributed by atoms with Gasteiger partial charge < -0.3 is 10.1 Å². The topological polar surface area (TPSA) is 47.0 Å². The standard InChI is InChI=1S/C20H19F4N3O/c1-10-8-14-16(9-17(10)28-4)26-12(3)27-19(14)25-11(2)13-6-5-7-15(18(13)21)20(22,23)24/h5-9,11H,1-4H3,(H,25,26,27)/t11-/m1/s1. The molecule has 3 rings (SSSR count). The van der Waals surface area contributed by atoms with Crippen molar-refractivity contribution in [1.82, 2.24) is 9.97 Å². The van der Waals surface area contributed by atoms with Crippen molar-refractivity contribution in [2.45, 2.75) is 33.0 Å². The third-order valence-electron chi connectivity index (χ3n) is 4.48. The van der Waals surface area contributed by atoms with Crippen LogP contribution in [0, 0.1) is 19.7 Å². The molecule has 0 aliphatic carbocycles. The van der Waals surface area contributed by atoms with Crippen molar-refractivity contribution in [2.24, 2.45) is 0 Å². The maximum absolute atomic E-state index is 14.5. The molecule has 0 saturated heterocycles. The van der Waals surface area contributed by atoms with E-state index in [0.717, 1.165) is 11.6 Å². The number of rotatable bonds is 4. The fourth-order valence-electron chi connectivity index (χ4n) is 3.10. The number of ether oxygens (including phenoxy) is 1. The normalized spacial score (nSPS) is 12.9. The van der Waals surface area contributed by atoms with E-state index in [4.69, 9.17) is 4.74 Å². The van der Waals surface area contributed by atoms with E-state index < -0.39 is 23.6 Å². The van der Waals surface area contributed by atoms with Gasteiger partial charge in [-0.15, -0.1) is 0 Å². The lowest BCUT2D eigenvalue weighted by atomic mass is 10.0. The molecule has 4 nitrogen and oxygen atoms in total. The Balaban J connectivity index is 2.05. The highest BCUT2D eigenvalue weighted by Crippen LogP contribution is 2.35. The summed E-state index contributed by atoms with van der Waals surface area (Å²) in [5.41, 5.74) is 0.0880. The maximum Gasteiger partial charge on any atom is 0.419 e. The lowest BCUT2D eigenvalue weighted by Crippen LogP contribution is -2.15. The van der Waals surface area contributed by atoms with Crippen LogP contribution < -0.4 is 10.1 Å². The van der Waals surface area contributed by atoms with Gasteiger partial charge in [-0.05, 0) is 38.5 Å². The van der Waals surface area contributed by atoms with Crippen LogP contribution in [0.1, 0.15) is 35.5 Å². The molecule has 1 atom stereocenters. The molecule has 0 bridgehead atoms. The molecular formula is C20H19F4N3O. The van der Waals surface area contributed by atoms with E-state index in [1.54, 1.807) is 27.0 Å². The number of aryl methyl sites for hydroxylation is 2. The number of nitrogens with zero attached hydrogens (tertiary/aromatic N) is 2. The van der Waals surface area contributed by atoms with Crippen LogP contribution in [0.15, 0.2) is 30.3 Å². The molecule has 0 aliphatic rings. The van der Waals surface area contributed by atoms with Crippen molar-refractivity contribution in [2.75, 3.05) is 12.4 Å². The Morgan fingerprint density at radius 3 is 2.46 bits per heavy atom. The summed E-state index contributed by atoms with van der Waals surface area (Å²) in [5, 5.41) is 3.70. The van der Waals surface area contributed by atoms with Gasteiger partial charge in [0.05, 0.1) is 24.2 Å². The number of hydrogen-bond donors (Lipinski definition) is 1. The molecule has 2 aromatic carbocycles. The first-order valence-electron chi connectivity index (χ1n) is 8.57. The van der Waals surface area contributed by atoms with Crippen molar-refractivity contribution in [3.8, 4) is 5.75 Å². The van der Waals surface area contributed by atoms with E-state index in [1.165, 1.54) is 12.1 Å². The minimum atomic E-state index is -4.76. The summed E-state index contributed by atoms with van der Waals surface area (Å²) >= 11 is 0. The predicted octanol–water partition coefficient (Wildman–Crippen LogP) is 5.59. The van der Waals surface area contributed by atoms with Crippen LogP contribution in [0.2, 0.25) is 0 Å². The molecule has 1 heterocycles.